The largest absolute Gasteiger partial charge is 0.431 e. The SMILES string of the molecule is CC(=O)N(C(=O)CSc1nc2ccccc2o1)C(=O)Nc1ccccc1. The molecule has 4 amide bonds. The van der Waals surface area contributed by atoms with Gasteiger partial charge in [-0.3, -0.25) is 9.59 Å². The Morgan fingerprint density at radius 1 is 1.08 bits per heavy atom. The first kappa shape index (κ1) is 17.7. The molecule has 0 aliphatic heterocycles. The van der Waals surface area contributed by atoms with Crippen molar-refractivity contribution in [1.29, 1.82) is 0 Å². The van der Waals surface area contributed by atoms with Crippen LogP contribution < -0.4 is 5.32 Å². The third-order valence-electron chi connectivity index (χ3n) is 3.39. The molecule has 0 fully saturated rings. The van der Waals surface area contributed by atoms with Gasteiger partial charge in [-0.1, -0.05) is 42.1 Å². The van der Waals surface area contributed by atoms with Gasteiger partial charge in [0, 0.05) is 12.6 Å². The van der Waals surface area contributed by atoms with E-state index in [4.69, 9.17) is 4.42 Å². The number of nitrogens with zero attached hydrogens (tertiary/aromatic N) is 2. The molecule has 132 valence electrons. The van der Waals surface area contributed by atoms with E-state index in [0.29, 0.717) is 26.9 Å². The number of imide groups is 3. The molecule has 2 aromatic carbocycles. The number of amides is 4. The maximum absolute atomic E-state index is 12.4. The smallest absolute Gasteiger partial charge is 0.335 e. The molecule has 7 nitrogen and oxygen atoms in total. The summed E-state index contributed by atoms with van der Waals surface area (Å²) in [4.78, 5) is 41.2. The Bertz CT molecular complexity index is 922. The van der Waals surface area contributed by atoms with Crippen LogP contribution in [-0.4, -0.2) is 33.5 Å². The number of rotatable bonds is 4. The Balaban J connectivity index is 1.66. The van der Waals surface area contributed by atoms with Crippen LogP contribution in [0, 0.1) is 0 Å². The maximum atomic E-state index is 12.4. The molecule has 0 aliphatic rings. The first-order valence-electron chi connectivity index (χ1n) is 7.72. The van der Waals surface area contributed by atoms with Gasteiger partial charge in [-0.15, -0.1) is 0 Å². The molecule has 26 heavy (non-hydrogen) atoms. The first-order valence-corrected chi connectivity index (χ1v) is 8.71. The van der Waals surface area contributed by atoms with Gasteiger partial charge in [0.1, 0.15) is 5.52 Å². The van der Waals surface area contributed by atoms with Crippen LogP contribution in [-0.2, 0) is 9.59 Å². The lowest BCUT2D eigenvalue weighted by Crippen LogP contribution is -2.44. The zero-order valence-electron chi connectivity index (χ0n) is 13.8. The topological polar surface area (TPSA) is 92.5 Å². The molecule has 0 atom stereocenters. The van der Waals surface area contributed by atoms with E-state index in [-0.39, 0.29) is 5.75 Å². The number of carbonyl (C=O) groups excluding carboxylic acids is 3. The summed E-state index contributed by atoms with van der Waals surface area (Å²) in [6, 6.07) is 15.0. The maximum Gasteiger partial charge on any atom is 0.335 e. The quantitative estimate of drug-likeness (QED) is 0.707. The molecule has 0 aliphatic carbocycles. The molecule has 0 radical (unpaired) electrons. The third-order valence-corrected chi connectivity index (χ3v) is 4.20. The fourth-order valence-electron chi connectivity index (χ4n) is 2.23. The number of para-hydroxylation sites is 3. The number of hydrogen-bond donors (Lipinski definition) is 1. The van der Waals surface area contributed by atoms with Gasteiger partial charge in [0.2, 0.25) is 11.8 Å². The predicted molar refractivity (Wildman–Crippen MR) is 97.7 cm³/mol. The lowest BCUT2D eigenvalue weighted by atomic mass is 10.3. The van der Waals surface area contributed by atoms with Gasteiger partial charge < -0.3 is 9.73 Å². The van der Waals surface area contributed by atoms with Crippen LogP contribution in [0.4, 0.5) is 10.5 Å². The summed E-state index contributed by atoms with van der Waals surface area (Å²) in [5, 5.41) is 2.82. The van der Waals surface area contributed by atoms with E-state index in [0.717, 1.165) is 18.7 Å². The highest BCUT2D eigenvalue weighted by molar-refractivity contribution is 7.99. The molecule has 8 heteroatoms. The van der Waals surface area contributed by atoms with Crippen molar-refractivity contribution in [2.75, 3.05) is 11.1 Å². The second-order valence-corrected chi connectivity index (χ2v) is 6.21. The number of urea groups is 1. The van der Waals surface area contributed by atoms with E-state index in [2.05, 4.69) is 10.3 Å². The Labute approximate surface area is 153 Å². The summed E-state index contributed by atoms with van der Waals surface area (Å²) in [6.45, 7) is 1.16. The minimum atomic E-state index is -0.799. The normalized spacial score (nSPS) is 10.5. The van der Waals surface area contributed by atoms with Crippen molar-refractivity contribution in [3.8, 4) is 0 Å². The van der Waals surface area contributed by atoms with Gasteiger partial charge >= 0.3 is 6.03 Å². The van der Waals surface area contributed by atoms with Crippen molar-refractivity contribution in [3.63, 3.8) is 0 Å². The second kappa shape index (κ2) is 7.83. The summed E-state index contributed by atoms with van der Waals surface area (Å²) in [5.74, 6) is -1.48. The number of aromatic nitrogens is 1. The molecule has 1 N–H and O–H groups in total. The molecule has 0 saturated heterocycles. The van der Waals surface area contributed by atoms with Gasteiger partial charge in [0.25, 0.3) is 5.22 Å². The van der Waals surface area contributed by atoms with Crippen molar-refractivity contribution in [1.82, 2.24) is 9.88 Å². The lowest BCUT2D eigenvalue weighted by Gasteiger charge is -2.17. The van der Waals surface area contributed by atoms with E-state index < -0.39 is 17.8 Å². The molecule has 0 saturated carbocycles. The van der Waals surface area contributed by atoms with Crippen LogP contribution >= 0.6 is 11.8 Å². The van der Waals surface area contributed by atoms with E-state index in [9.17, 15) is 14.4 Å². The Hall–Kier alpha value is -3.13. The molecule has 0 bridgehead atoms. The minimum Gasteiger partial charge on any atom is -0.431 e. The monoisotopic (exact) mass is 369 g/mol. The number of oxazole rings is 1. The summed E-state index contributed by atoms with van der Waals surface area (Å²) in [5.41, 5.74) is 1.77. The van der Waals surface area contributed by atoms with Gasteiger partial charge in [-0.2, -0.15) is 4.90 Å². The molecule has 1 aromatic heterocycles. The van der Waals surface area contributed by atoms with Crippen molar-refractivity contribution >= 4 is 46.4 Å². The predicted octanol–water partition coefficient (Wildman–Crippen LogP) is 3.53. The lowest BCUT2D eigenvalue weighted by molar-refractivity contribution is -0.137. The van der Waals surface area contributed by atoms with Crippen LogP contribution in [0.15, 0.2) is 64.2 Å². The van der Waals surface area contributed by atoms with Crippen molar-refractivity contribution < 1.29 is 18.8 Å². The fraction of sp³-hybridized carbons (Fsp3) is 0.111. The number of fused-ring (bicyclic) bond motifs is 1. The van der Waals surface area contributed by atoms with Crippen LogP contribution in [0.1, 0.15) is 6.92 Å². The zero-order valence-corrected chi connectivity index (χ0v) is 14.7. The highest BCUT2D eigenvalue weighted by atomic mass is 32.2. The van der Waals surface area contributed by atoms with Gasteiger partial charge in [-0.05, 0) is 24.3 Å². The highest BCUT2D eigenvalue weighted by Crippen LogP contribution is 2.23. The second-order valence-electron chi connectivity index (χ2n) is 5.28. The molecule has 0 spiro atoms. The van der Waals surface area contributed by atoms with Gasteiger partial charge in [0.15, 0.2) is 5.58 Å². The number of anilines is 1. The van der Waals surface area contributed by atoms with Crippen LogP contribution in [0.25, 0.3) is 11.1 Å². The number of benzene rings is 2. The average Bonchev–Trinajstić information content (AvgIpc) is 3.03. The fourth-order valence-corrected chi connectivity index (χ4v) is 2.92. The number of nitrogens with one attached hydrogen (secondary N) is 1. The molecule has 3 aromatic rings. The first-order chi connectivity index (χ1) is 12.5. The highest BCUT2D eigenvalue weighted by Gasteiger charge is 2.26. The zero-order chi connectivity index (χ0) is 18.5. The number of hydrogen-bond acceptors (Lipinski definition) is 6. The summed E-state index contributed by atoms with van der Waals surface area (Å²) in [7, 11) is 0. The Morgan fingerprint density at radius 2 is 1.77 bits per heavy atom. The standard InChI is InChI=1S/C18H15N3O4S/c1-12(22)21(17(24)19-13-7-3-2-4-8-13)16(23)11-26-18-20-14-9-5-6-10-15(14)25-18/h2-10H,11H2,1H3,(H,19,24). The van der Waals surface area contributed by atoms with Crippen LogP contribution in [0.2, 0.25) is 0 Å². The Morgan fingerprint density at radius 3 is 2.46 bits per heavy atom. The van der Waals surface area contributed by atoms with E-state index >= 15 is 0 Å². The van der Waals surface area contributed by atoms with E-state index in [1.54, 1.807) is 42.5 Å². The number of carbonyl (C=O) groups is 3. The molecular formula is C18H15N3O4S. The third kappa shape index (κ3) is 4.09. The molecular weight excluding hydrogens is 354 g/mol. The average molecular weight is 369 g/mol. The Kier molecular flexibility index (Phi) is 5.33. The summed E-state index contributed by atoms with van der Waals surface area (Å²) in [6.07, 6.45) is 0. The summed E-state index contributed by atoms with van der Waals surface area (Å²) >= 11 is 1.02. The van der Waals surface area contributed by atoms with E-state index in [1.165, 1.54) is 0 Å². The number of thioether (sulfide) groups is 1. The van der Waals surface area contributed by atoms with Crippen LogP contribution in [0.3, 0.4) is 0 Å². The molecule has 3 rings (SSSR count). The van der Waals surface area contributed by atoms with E-state index in [1.807, 2.05) is 12.1 Å². The van der Waals surface area contributed by atoms with Gasteiger partial charge in [-0.25, -0.2) is 9.78 Å². The van der Waals surface area contributed by atoms with Crippen molar-refractivity contribution in [3.05, 3.63) is 54.6 Å². The molecule has 1 heterocycles. The van der Waals surface area contributed by atoms with Crippen molar-refractivity contribution in [2.24, 2.45) is 0 Å². The van der Waals surface area contributed by atoms with Gasteiger partial charge in [0.05, 0.1) is 5.75 Å². The summed E-state index contributed by atoms with van der Waals surface area (Å²) < 4.78 is 5.51. The van der Waals surface area contributed by atoms with Crippen LogP contribution in [0.5, 0.6) is 0 Å². The molecule has 0 unspecified atom stereocenters. The van der Waals surface area contributed by atoms with Crippen molar-refractivity contribution in [2.45, 2.75) is 12.1 Å². The minimum absolute atomic E-state index is 0.158.